The number of benzene rings is 3. The third-order valence-electron chi connectivity index (χ3n) is 4.29. The lowest BCUT2D eigenvalue weighted by Gasteiger charge is -2.02. The van der Waals surface area contributed by atoms with Crippen molar-refractivity contribution in [1.29, 1.82) is 0 Å². The van der Waals surface area contributed by atoms with Gasteiger partial charge in [-0.15, -0.1) is 0 Å². The van der Waals surface area contributed by atoms with Crippen molar-refractivity contribution in [2.75, 3.05) is 0 Å². The molecule has 7 heteroatoms. The molecule has 5 nitrogen and oxygen atoms in total. The SMILES string of the molecule is Fc1ccccc1CO/N=C/Oc1cn(-c2ccccc2)nc1-c1ccc(Cl)cc1. The molecular weight excluding hydrogens is 405 g/mol. The van der Waals surface area contributed by atoms with Crippen molar-refractivity contribution >= 4 is 18.0 Å². The highest BCUT2D eigenvalue weighted by Gasteiger charge is 2.13. The average Bonchev–Trinajstić information content (AvgIpc) is 3.20. The number of hydrogen-bond donors (Lipinski definition) is 0. The maximum atomic E-state index is 13.6. The molecule has 0 bridgehead atoms. The Morgan fingerprint density at radius 2 is 1.70 bits per heavy atom. The summed E-state index contributed by atoms with van der Waals surface area (Å²) in [6.07, 6.45) is 2.91. The molecule has 0 fully saturated rings. The molecule has 0 aliphatic heterocycles. The zero-order valence-electron chi connectivity index (χ0n) is 15.8. The lowest BCUT2D eigenvalue weighted by molar-refractivity contribution is 0.125. The molecule has 0 unspecified atom stereocenters. The van der Waals surface area contributed by atoms with Crippen molar-refractivity contribution in [2.45, 2.75) is 6.61 Å². The van der Waals surface area contributed by atoms with Crippen LogP contribution in [0.2, 0.25) is 5.02 Å². The Kier molecular flexibility index (Phi) is 6.06. The van der Waals surface area contributed by atoms with E-state index >= 15 is 0 Å². The van der Waals surface area contributed by atoms with Crippen LogP contribution in [0.1, 0.15) is 5.56 Å². The highest BCUT2D eigenvalue weighted by Crippen LogP contribution is 2.30. The van der Waals surface area contributed by atoms with Crippen LogP contribution in [0.4, 0.5) is 4.39 Å². The first-order chi connectivity index (χ1) is 14.7. The van der Waals surface area contributed by atoms with Gasteiger partial charge in [0, 0.05) is 16.1 Å². The van der Waals surface area contributed by atoms with Gasteiger partial charge in [0.25, 0.3) is 0 Å². The van der Waals surface area contributed by atoms with E-state index in [0.717, 1.165) is 17.7 Å². The highest BCUT2D eigenvalue weighted by molar-refractivity contribution is 6.30. The summed E-state index contributed by atoms with van der Waals surface area (Å²) in [5.74, 6) is 0.141. The minimum atomic E-state index is -0.345. The molecule has 1 heterocycles. The largest absolute Gasteiger partial charge is 0.438 e. The second-order valence-corrected chi connectivity index (χ2v) is 6.76. The molecule has 0 radical (unpaired) electrons. The molecule has 3 aromatic carbocycles. The first kappa shape index (κ1) is 19.7. The van der Waals surface area contributed by atoms with Crippen LogP contribution >= 0.6 is 11.6 Å². The van der Waals surface area contributed by atoms with Gasteiger partial charge in [-0.2, -0.15) is 5.10 Å². The van der Waals surface area contributed by atoms with Gasteiger partial charge in [0.2, 0.25) is 6.40 Å². The van der Waals surface area contributed by atoms with E-state index < -0.39 is 0 Å². The number of oxime groups is 1. The van der Waals surface area contributed by atoms with E-state index in [9.17, 15) is 4.39 Å². The van der Waals surface area contributed by atoms with Gasteiger partial charge >= 0.3 is 0 Å². The van der Waals surface area contributed by atoms with Gasteiger partial charge in [0.05, 0.1) is 11.9 Å². The minimum Gasteiger partial charge on any atom is -0.438 e. The summed E-state index contributed by atoms with van der Waals surface area (Å²) >= 11 is 6.00. The van der Waals surface area contributed by atoms with Crippen LogP contribution in [-0.4, -0.2) is 16.2 Å². The fourth-order valence-corrected chi connectivity index (χ4v) is 2.92. The Balaban J connectivity index is 1.53. The predicted octanol–water partition coefficient (Wildman–Crippen LogP) is 5.87. The maximum Gasteiger partial charge on any atom is 0.218 e. The smallest absolute Gasteiger partial charge is 0.218 e. The van der Waals surface area contributed by atoms with Crippen molar-refractivity contribution in [1.82, 2.24) is 9.78 Å². The van der Waals surface area contributed by atoms with E-state index in [1.54, 1.807) is 41.2 Å². The van der Waals surface area contributed by atoms with Crippen molar-refractivity contribution in [2.24, 2.45) is 5.16 Å². The van der Waals surface area contributed by atoms with Crippen molar-refractivity contribution in [3.05, 3.63) is 101 Å². The van der Waals surface area contributed by atoms with Crippen LogP contribution < -0.4 is 4.74 Å². The lowest BCUT2D eigenvalue weighted by Crippen LogP contribution is -1.95. The van der Waals surface area contributed by atoms with Gasteiger partial charge in [-0.05, 0) is 30.3 Å². The lowest BCUT2D eigenvalue weighted by atomic mass is 10.1. The Hall–Kier alpha value is -3.64. The first-order valence-corrected chi connectivity index (χ1v) is 9.53. The van der Waals surface area contributed by atoms with Gasteiger partial charge in [0.15, 0.2) is 5.75 Å². The molecule has 0 N–H and O–H groups in total. The number of nitrogens with zero attached hydrogens (tertiary/aromatic N) is 3. The number of halogens is 2. The van der Waals surface area contributed by atoms with Crippen LogP contribution in [0.25, 0.3) is 16.9 Å². The van der Waals surface area contributed by atoms with Crippen LogP contribution in [0.5, 0.6) is 5.75 Å². The first-order valence-electron chi connectivity index (χ1n) is 9.15. The average molecular weight is 422 g/mol. The van der Waals surface area contributed by atoms with Crippen molar-refractivity contribution in [3.8, 4) is 22.7 Å². The van der Waals surface area contributed by atoms with Crippen molar-refractivity contribution in [3.63, 3.8) is 0 Å². The molecule has 4 rings (SSSR count). The maximum absolute atomic E-state index is 13.6. The Morgan fingerprint density at radius 1 is 0.967 bits per heavy atom. The van der Waals surface area contributed by atoms with Gasteiger partial charge < -0.3 is 9.57 Å². The summed E-state index contributed by atoms with van der Waals surface area (Å²) in [6.45, 7) is -0.000147. The fraction of sp³-hybridized carbons (Fsp3) is 0.0435. The van der Waals surface area contributed by atoms with Crippen LogP contribution in [0, 0.1) is 5.82 Å². The number of hydrogen-bond acceptors (Lipinski definition) is 4. The Bertz CT molecular complexity index is 1140. The van der Waals surface area contributed by atoms with Crippen LogP contribution in [0.3, 0.4) is 0 Å². The predicted molar refractivity (Wildman–Crippen MR) is 114 cm³/mol. The van der Waals surface area contributed by atoms with E-state index in [1.165, 1.54) is 6.07 Å². The molecule has 1 aromatic heterocycles. The molecular formula is C23H17ClFN3O2. The molecule has 30 heavy (non-hydrogen) atoms. The van der Waals surface area contributed by atoms with E-state index in [1.807, 2.05) is 42.5 Å². The molecule has 0 saturated heterocycles. The molecule has 0 saturated carbocycles. The molecule has 0 spiro atoms. The zero-order valence-corrected chi connectivity index (χ0v) is 16.5. The van der Waals surface area contributed by atoms with Crippen LogP contribution in [0.15, 0.2) is 90.2 Å². The number of rotatable bonds is 7. The summed E-state index contributed by atoms with van der Waals surface area (Å²) in [5.41, 5.74) is 2.75. The second-order valence-electron chi connectivity index (χ2n) is 6.32. The summed E-state index contributed by atoms with van der Waals surface area (Å²) in [7, 11) is 0. The van der Waals surface area contributed by atoms with E-state index in [4.69, 9.17) is 21.2 Å². The van der Waals surface area contributed by atoms with Gasteiger partial charge in [-0.1, -0.05) is 65.3 Å². The highest BCUT2D eigenvalue weighted by atomic mass is 35.5. The second kappa shape index (κ2) is 9.24. The van der Waals surface area contributed by atoms with Gasteiger partial charge in [-0.25, -0.2) is 9.07 Å². The molecule has 0 amide bonds. The summed E-state index contributed by atoms with van der Waals surface area (Å²) in [6, 6.07) is 23.3. The van der Waals surface area contributed by atoms with Gasteiger partial charge in [0.1, 0.15) is 18.1 Å². The molecule has 0 aliphatic rings. The Morgan fingerprint density at radius 3 is 2.47 bits per heavy atom. The van der Waals surface area contributed by atoms with Crippen molar-refractivity contribution < 1.29 is 14.0 Å². The number of ether oxygens (including phenoxy) is 1. The zero-order chi connectivity index (χ0) is 20.8. The van der Waals surface area contributed by atoms with E-state index in [2.05, 4.69) is 10.3 Å². The molecule has 150 valence electrons. The quantitative estimate of drug-likeness (QED) is 0.213. The van der Waals surface area contributed by atoms with Crippen LogP contribution in [-0.2, 0) is 11.4 Å². The summed E-state index contributed by atoms with van der Waals surface area (Å²) in [5, 5.41) is 9.03. The van der Waals surface area contributed by atoms with Gasteiger partial charge in [-0.3, -0.25) is 0 Å². The minimum absolute atomic E-state index is 0.000147. The summed E-state index contributed by atoms with van der Waals surface area (Å²) < 4.78 is 21.0. The summed E-state index contributed by atoms with van der Waals surface area (Å²) in [4.78, 5) is 5.13. The standard InChI is InChI=1S/C23H17ClFN3O2/c24-19-12-10-17(11-13-19)23-22(14-28(27-23)20-7-2-1-3-8-20)29-16-26-30-15-18-6-4-5-9-21(18)25/h1-14,16H,15H2/b26-16+. The molecule has 0 aliphatic carbocycles. The number of para-hydroxylation sites is 1. The topological polar surface area (TPSA) is 48.6 Å². The normalized spacial score (nSPS) is 11.0. The Labute approximate surface area is 177 Å². The fourth-order valence-electron chi connectivity index (χ4n) is 2.80. The number of aromatic nitrogens is 2. The van der Waals surface area contributed by atoms with E-state index in [-0.39, 0.29) is 12.4 Å². The van der Waals surface area contributed by atoms with E-state index in [0.29, 0.717) is 22.0 Å². The monoisotopic (exact) mass is 421 g/mol. The third kappa shape index (κ3) is 4.67. The third-order valence-corrected chi connectivity index (χ3v) is 4.55. The molecule has 4 aromatic rings. The molecule has 0 atom stereocenters.